The van der Waals surface area contributed by atoms with Crippen LogP contribution in [-0.2, 0) is 13.6 Å². The summed E-state index contributed by atoms with van der Waals surface area (Å²) in [7, 11) is -3.48. The van der Waals surface area contributed by atoms with E-state index in [-0.39, 0.29) is 6.61 Å². The molecule has 0 amide bonds. The van der Waals surface area contributed by atoms with Gasteiger partial charge >= 0.3 is 7.75 Å². The second-order valence-electron chi connectivity index (χ2n) is 15.6. The van der Waals surface area contributed by atoms with Crippen molar-refractivity contribution in [3.63, 3.8) is 0 Å². The predicted octanol–water partition coefficient (Wildman–Crippen LogP) is 13.0. The van der Waals surface area contributed by atoms with Crippen LogP contribution < -0.4 is 5.09 Å². The van der Waals surface area contributed by atoms with Crippen molar-refractivity contribution in [1.29, 1.82) is 0 Å². The van der Waals surface area contributed by atoms with Gasteiger partial charge in [-0.3, -0.25) is 13.9 Å². The molecule has 0 saturated heterocycles. The highest BCUT2D eigenvalue weighted by Crippen LogP contribution is 2.45. The summed E-state index contributed by atoms with van der Waals surface area (Å²) in [4.78, 5) is 2.40. The first-order chi connectivity index (χ1) is 24.0. The van der Waals surface area contributed by atoms with Gasteiger partial charge in [0.2, 0.25) is 0 Å². The van der Waals surface area contributed by atoms with Crippen molar-refractivity contribution in [3.05, 3.63) is 0 Å². The van der Waals surface area contributed by atoms with E-state index in [9.17, 15) is 9.67 Å². The molecule has 2 N–H and O–H groups in total. The van der Waals surface area contributed by atoms with Crippen molar-refractivity contribution < 1.29 is 18.7 Å². The molecule has 1 saturated carbocycles. The standard InChI is InChI=1S/C42H87N2O4P/c1-5-9-13-17-19-24-30-40(28-22-15-11-7-3)38-47-49(46,43-34-35-44(36-37-45)42-32-26-21-27-33-42)48-39-41(29-23-16-12-8-4)31-25-20-18-14-10-6-2/h40-42,45H,5-39H2,1-4H3,(H,43,46). The van der Waals surface area contributed by atoms with E-state index in [4.69, 9.17) is 9.05 Å². The summed E-state index contributed by atoms with van der Waals surface area (Å²) in [6.45, 7) is 12.3. The molecule has 7 heteroatoms. The molecule has 1 aliphatic carbocycles. The minimum Gasteiger partial charge on any atom is -0.395 e. The fourth-order valence-electron chi connectivity index (χ4n) is 7.69. The van der Waals surface area contributed by atoms with E-state index in [1.807, 2.05) is 0 Å². The summed E-state index contributed by atoms with van der Waals surface area (Å²) in [5.41, 5.74) is 0. The smallest absolute Gasteiger partial charge is 0.395 e. The second-order valence-corrected chi connectivity index (χ2v) is 17.4. The van der Waals surface area contributed by atoms with Crippen LogP contribution in [0.2, 0.25) is 0 Å². The molecule has 6 nitrogen and oxygen atoms in total. The number of hydrogen-bond donors (Lipinski definition) is 2. The van der Waals surface area contributed by atoms with E-state index >= 15 is 0 Å². The topological polar surface area (TPSA) is 71.0 Å². The van der Waals surface area contributed by atoms with Gasteiger partial charge in [-0.1, -0.05) is 175 Å². The number of aliphatic hydroxyl groups is 1. The van der Waals surface area contributed by atoms with Crippen LogP contribution in [0.25, 0.3) is 0 Å². The third-order valence-corrected chi connectivity index (χ3v) is 12.6. The van der Waals surface area contributed by atoms with Crippen LogP contribution in [0.15, 0.2) is 0 Å². The van der Waals surface area contributed by atoms with Crippen LogP contribution in [0.5, 0.6) is 0 Å². The highest BCUT2D eigenvalue weighted by atomic mass is 31.2. The second kappa shape index (κ2) is 33.8. The molecule has 1 aliphatic rings. The van der Waals surface area contributed by atoms with Crippen LogP contribution in [0.3, 0.4) is 0 Å². The summed E-state index contributed by atoms with van der Waals surface area (Å²) < 4.78 is 27.5. The van der Waals surface area contributed by atoms with E-state index in [1.165, 1.54) is 161 Å². The Kier molecular flexibility index (Phi) is 32.5. The zero-order valence-electron chi connectivity index (χ0n) is 33.5. The quantitative estimate of drug-likeness (QED) is 0.0493. The van der Waals surface area contributed by atoms with Crippen molar-refractivity contribution >= 4 is 7.75 Å². The van der Waals surface area contributed by atoms with Crippen LogP contribution >= 0.6 is 7.75 Å². The van der Waals surface area contributed by atoms with E-state index in [1.54, 1.807) is 0 Å². The molecule has 0 aromatic carbocycles. The average molecular weight is 715 g/mol. The molecule has 0 heterocycles. The SMILES string of the molecule is CCCCCCCCC(CCCCCC)COP(=O)(NCCN(CCO)C1CCCCC1)OCC(CCCCCC)CCCCCCCC. The predicted molar refractivity (Wildman–Crippen MR) is 214 cm³/mol. The Morgan fingerprint density at radius 1 is 0.592 bits per heavy atom. The van der Waals surface area contributed by atoms with Gasteiger partial charge in [-0.25, -0.2) is 9.65 Å². The van der Waals surface area contributed by atoms with Gasteiger partial charge in [-0.2, -0.15) is 0 Å². The number of nitrogens with one attached hydrogen (secondary N) is 1. The number of hydrogen-bond acceptors (Lipinski definition) is 5. The molecular formula is C42H87N2O4P. The molecule has 294 valence electrons. The highest BCUT2D eigenvalue weighted by Gasteiger charge is 2.29. The van der Waals surface area contributed by atoms with E-state index in [0.717, 1.165) is 32.2 Å². The maximum absolute atomic E-state index is 14.6. The third kappa shape index (κ3) is 26.4. The Hall–Kier alpha value is 0.0300. The Balaban J connectivity index is 2.93. The maximum atomic E-state index is 14.6. The largest absolute Gasteiger partial charge is 0.405 e. The fraction of sp³-hybridized carbons (Fsp3) is 1.00. The Morgan fingerprint density at radius 3 is 1.39 bits per heavy atom. The minimum atomic E-state index is -3.48. The monoisotopic (exact) mass is 715 g/mol. The molecule has 2 unspecified atom stereocenters. The van der Waals surface area contributed by atoms with Gasteiger partial charge in [-0.05, 0) is 50.4 Å². The zero-order valence-corrected chi connectivity index (χ0v) is 34.4. The lowest BCUT2D eigenvalue weighted by Crippen LogP contribution is -2.42. The van der Waals surface area contributed by atoms with Crippen LogP contribution in [-0.4, -0.2) is 55.5 Å². The normalized spacial score (nSPS) is 16.7. The number of unbranched alkanes of at least 4 members (excludes halogenated alkanes) is 16. The van der Waals surface area contributed by atoms with Gasteiger partial charge in [0.05, 0.1) is 19.8 Å². The first-order valence-corrected chi connectivity index (χ1v) is 23.5. The lowest BCUT2D eigenvalue weighted by molar-refractivity contribution is 0.120. The van der Waals surface area contributed by atoms with Crippen molar-refractivity contribution in [2.45, 2.75) is 220 Å². The van der Waals surface area contributed by atoms with Gasteiger partial charge in [0.1, 0.15) is 0 Å². The first kappa shape index (κ1) is 47.1. The maximum Gasteiger partial charge on any atom is 0.405 e. The molecule has 1 rings (SSSR count). The summed E-state index contributed by atoms with van der Waals surface area (Å²) in [6.07, 6.45) is 36.6. The highest BCUT2D eigenvalue weighted by molar-refractivity contribution is 7.51. The van der Waals surface area contributed by atoms with Gasteiger partial charge in [0.15, 0.2) is 0 Å². The summed E-state index contributed by atoms with van der Waals surface area (Å²) in [6, 6.07) is 0.513. The van der Waals surface area contributed by atoms with Gasteiger partial charge in [-0.15, -0.1) is 0 Å². The Bertz CT molecular complexity index is 695. The van der Waals surface area contributed by atoms with E-state index in [2.05, 4.69) is 37.7 Å². The van der Waals surface area contributed by atoms with Gasteiger partial charge in [0, 0.05) is 25.7 Å². The average Bonchev–Trinajstić information content (AvgIpc) is 3.12. The van der Waals surface area contributed by atoms with Crippen molar-refractivity contribution in [2.24, 2.45) is 11.8 Å². The summed E-state index contributed by atoms with van der Waals surface area (Å²) in [5, 5.41) is 13.2. The van der Waals surface area contributed by atoms with Crippen molar-refractivity contribution in [1.82, 2.24) is 9.99 Å². The van der Waals surface area contributed by atoms with Crippen molar-refractivity contribution in [2.75, 3.05) is 39.5 Å². The lowest BCUT2D eigenvalue weighted by atomic mass is 9.94. The molecule has 0 aromatic rings. The molecule has 1 fully saturated rings. The number of aliphatic hydroxyl groups excluding tert-OH is 1. The minimum absolute atomic E-state index is 0.164. The van der Waals surface area contributed by atoms with Crippen LogP contribution in [0.1, 0.15) is 214 Å². The fourth-order valence-corrected chi connectivity index (χ4v) is 9.13. The Labute approximate surface area is 307 Å². The Morgan fingerprint density at radius 2 is 0.980 bits per heavy atom. The van der Waals surface area contributed by atoms with Crippen LogP contribution in [0, 0.1) is 11.8 Å². The number of nitrogens with zero attached hydrogens (tertiary/aromatic N) is 1. The van der Waals surface area contributed by atoms with Gasteiger partial charge in [0.25, 0.3) is 0 Å². The number of rotatable bonds is 37. The summed E-state index contributed by atoms with van der Waals surface area (Å²) in [5.74, 6) is 0.866. The molecule has 0 aliphatic heterocycles. The molecule has 0 aromatic heterocycles. The molecule has 0 spiro atoms. The van der Waals surface area contributed by atoms with Crippen LogP contribution in [0.4, 0.5) is 0 Å². The zero-order chi connectivity index (χ0) is 35.7. The molecule has 0 bridgehead atoms. The van der Waals surface area contributed by atoms with Crippen molar-refractivity contribution in [3.8, 4) is 0 Å². The molecule has 2 atom stereocenters. The molecular weight excluding hydrogens is 627 g/mol. The first-order valence-electron chi connectivity index (χ1n) is 22.0. The van der Waals surface area contributed by atoms with E-state index < -0.39 is 7.75 Å². The van der Waals surface area contributed by atoms with Gasteiger partial charge < -0.3 is 5.11 Å². The lowest BCUT2D eigenvalue weighted by Gasteiger charge is -2.34. The third-order valence-electron chi connectivity index (χ3n) is 11.0. The molecule has 0 radical (unpaired) electrons. The molecule has 49 heavy (non-hydrogen) atoms. The summed E-state index contributed by atoms with van der Waals surface area (Å²) >= 11 is 0. The van der Waals surface area contributed by atoms with E-state index in [0.29, 0.717) is 44.2 Å².